The third kappa shape index (κ3) is 8.09. The van der Waals surface area contributed by atoms with Crippen LogP contribution in [0.5, 0.6) is 0 Å². The van der Waals surface area contributed by atoms with Gasteiger partial charge in [0, 0.05) is 0 Å². The standard InChI is InChI=1S/C19H28FNO3/c1-3-4-5-6-7-8-9-17(19(23)24-2)21-18(22)14-15-10-12-16(20)13-11-15/h10-13,17H,3-9,14H2,1-2H3,(H,21,22)/t17-/m0/s1. The molecular formula is C19H28FNO3. The molecule has 5 heteroatoms. The fraction of sp³-hybridized carbons (Fsp3) is 0.579. The van der Waals surface area contributed by atoms with Crippen molar-refractivity contribution in [2.45, 2.75) is 64.3 Å². The molecule has 0 aromatic heterocycles. The first-order valence-electron chi connectivity index (χ1n) is 8.68. The summed E-state index contributed by atoms with van der Waals surface area (Å²) in [5, 5.41) is 2.73. The van der Waals surface area contributed by atoms with Crippen LogP contribution < -0.4 is 5.32 Å². The van der Waals surface area contributed by atoms with E-state index in [1.54, 1.807) is 12.1 Å². The van der Waals surface area contributed by atoms with Gasteiger partial charge in [-0.3, -0.25) is 4.79 Å². The number of ether oxygens (including phenoxy) is 1. The Morgan fingerprint density at radius 3 is 2.33 bits per heavy atom. The van der Waals surface area contributed by atoms with Crippen molar-refractivity contribution < 1.29 is 18.7 Å². The molecule has 0 heterocycles. The van der Waals surface area contributed by atoms with Crippen LogP contribution in [0, 0.1) is 5.82 Å². The maximum absolute atomic E-state index is 12.9. The number of nitrogens with one attached hydrogen (secondary N) is 1. The van der Waals surface area contributed by atoms with Gasteiger partial charge >= 0.3 is 5.97 Å². The zero-order valence-electron chi connectivity index (χ0n) is 14.6. The van der Waals surface area contributed by atoms with Gasteiger partial charge in [-0.2, -0.15) is 0 Å². The lowest BCUT2D eigenvalue weighted by atomic mass is 10.0. The molecule has 1 N–H and O–H groups in total. The van der Waals surface area contributed by atoms with Crippen LogP contribution in [-0.4, -0.2) is 25.0 Å². The SMILES string of the molecule is CCCCCCCC[C@H](NC(=O)Cc1ccc(F)cc1)C(=O)OC. The van der Waals surface area contributed by atoms with Crippen molar-refractivity contribution in [3.8, 4) is 0 Å². The van der Waals surface area contributed by atoms with Gasteiger partial charge < -0.3 is 10.1 Å². The van der Waals surface area contributed by atoms with E-state index in [4.69, 9.17) is 4.74 Å². The van der Waals surface area contributed by atoms with Gasteiger partial charge in [-0.15, -0.1) is 0 Å². The van der Waals surface area contributed by atoms with E-state index < -0.39 is 12.0 Å². The molecule has 0 aliphatic heterocycles. The van der Waals surface area contributed by atoms with E-state index >= 15 is 0 Å². The third-order valence-corrected chi connectivity index (χ3v) is 3.95. The molecule has 24 heavy (non-hydrogen) atoms. The Morgan fingerprint density at radius 2 is 1.71 bits per heavy atom. The highest BCUT2D eigenvalue weighted by molar-refractivity contribution is 5.85. The topological polar surface area (TPSA) is 55.4 Å². The summed E-state index contributed by atoms with van der Waals surface area (Å²) in [7, 11) is 1.32. The summed E-state index contributed by atoms with van der Waals surface area (Å²) < 4.78 is 17.6. The van der Waals surface area contributed by atoms with Crippen molar-refractivity contribution in [2.24, 2.45) is 0 Å². The van der Waals surface area contributed by atoms with Crippen LogP contribution in [0.4, 0.5) is 4.39 Å². The Bertz CT molecular complexity index is 502. The number of hydrogen-bond donors (Lipinski definition) is 1. The second-order valence-electron chi connectivity index (χ2n) is 6.00. The van der Waals surface area contributed by atoms with Gasteiger partial charge in [-0.1, -0.05) is 57.6 Å². The number of esters is 1. The summed E-state index contributed by atoms with van der Waals surface area (Å²) in [5.74, 6) is -1.02. The van der Waals surface area contributed by atoms with Gasteiger partial charge in [-0.25, -0.2) is 9.18 Å². The number of benzene rings is 1. The fourth-order valence-corrected chi connectivity index (χ4v) is 2.55. The van der Waals surface area contributed by atoms with Gasteiger partial charge in [0.2, 0.25) is 5.91 Å². The zero-order chi connectivity index (χ0) is 17.8. The second kappa shape index (κ2) is 11.6. The summed E-state index contributed by atoms with van der Waals surface area (Å²) in [6.07, 6.45) is 7.39. The van der Waals surface area contributed by atoms with Crippen LogP contribution in [0.25, 0.3) is 0 Å². The molecule has 0 saturated carbocycles. The predicted octanol–water partition coefficient (Wildman–Crippen LogP) is 3.78. The number of hydrogen-bond acceptors (Lipinski definition) is 3. The van der Waals surface area contributed by atoms with Crippen LogP contribution in [0.1, 0.15) is 57.4 Å². The van der Waals surface area contributed by atoms with Gasteiger partial charge in [0.1, 0.15) is 11.9 Å². The molecule has 1 amide bonds. The lowest BCUT2D eigenvalue weighted by Crippen LogP contribution is -2.42. The molecular weight excluding hydrogens is 309 g/mol. The highest BCUT2D eigenvalue weighted by Gasteiger charge is 2.21. The van der Waals surface area contributed by atoms with E-state index in [0.29, 0.717) is 12.0 Å². The van der Waals surface area contributed by atoms with E-state index in [1.165, 1.54) is 38.5 Å². The minimum atomic E-state index is -0.617. The Balaban J connectivity index is 2.42. The second-order valence-corrected chi connectivity index (χ2v) is 6.00. The average molecular weight is 337 g/mol. The monoisotopic (exact) mass is 337 g/mol. The van der Waals surface area contributed by atoms with Gasteiger partial charge in [0.25, 0.3) is 0 Å². The Hall–Kier alpha value is -1.91. The molecule has 0 radical (unpaired) electrons. The number of carbonyl (C=O) groups excluding carboxylic acids is 2. The predicted molar refractivity (Wildman–Crippen MR) is 92.0 cm³/mol. The highest BCUT2D eigenvalue weighted by atomic mass is 19.1. The summed E-state index contributed by atoms with van der Waals surface area (Å²) in [6.45, 7) is 2.17. The van der Waals surface area contributed by atoms with E-state index in [-0.39, 0.29) is 18.1 Å². The summed E-state index contributed by atoms with van der Waals surface area (Å²) in [4.78, 5) is 23.9. The van der Waals surface area contributed by atoms with Crippen molar-refractivity contribution in [2.75, 3.05) is 7.11 Å². The van der Waals surface area contributed by atoms with Crippen molar-refractivity contribution in [1.82, 2.24) is 5.32 Å². The lowest BCUT2D eigenvalue weighted by molar-refractivity contribution is -0.145. The summed E-state index contributed by atoms with van der Waals surface area (Å²) in [5.41, 5.74) is 0.706. The molecule has 134 valence electrons. The highest BCUT2D eigenvalue weighted by Crippen LogP contribution is 2.10. The quantitative estimate of drug-likeness (QED) is 0.494. The number of rotatable bonds is 11. The smallest absolute Gasteiger partial charge is 0.328 e. The first-order valence-corrected chi connectivity index (χ1v) is 8.68. The van der Waals surface area contributed by atoms with Crippen molar-refractivity contribution >= 4 is 11.9 Å². The zero-order valence-corrected chi connectivity index (χ0v) is 14.6. The van der Waals surface area contributed by atoms with E-state index in [0.717, 1.165) is 19.3 Å². The minimum Gasteiger partial charge on any atom is -0.467 e. The van der Waals surface area contributed by atoms with Crippen LogP contribution in [0.15, 0.2) is 24.3 Å². The van der Waals surface area contributed by atoms with Gasteiger partial charge in [0.15, 0.2) is 0 Å². The molecule has 0 saturated heterocycles. The van der Waals surface area contributed by atoms with Crippen molar-refractivity contribution in [1.29, 1.82) is 0 Å². The molecule has 0 unspecified atom stereocenters. The molecule has 1 atom stereocenters. The van der Waals surface area contributed by atoms with E-state index in [2.05, 4.69) is 12.2 Å². The molecule has 1 aromatic rings. The Kier molecular flexibility index (Phi) is 9.73. The molecule has 0 bridgehead atoms. The first-order chi connectivity index (χ1) is 11.6. The Morgan fingerprint density at radius 1 is 1.08 bits per heavy atom. The van der Waals surface area contributed by atoms with Crippen LogP contribution in [0.2, 0.25) is 0 Å². The van der Waals surface area contributed by atoms with Crippen molar-refractivity contribution in [3.63, 3.8) is 0 Å². The molecule has 0 fully saturated rings. The summed E-state index contributed by atoms with van der Waals surface area (Å²) in [6, 6.07) is 5.15. The molecule has 1 rings (SSSR count). The number of halogens is 1. The minimum absolute atomic E-state index is 0.115. The first kappa shape index (κ1) is 20.1. The normalized spacial score (nSPS) is 11.8. The molecule has 0 aliphatic rings. The Labute approximate surface area is 143 Å². The average Bonchev–Trinajstić information content (AvgIpc) is 2.58. The van der Waals surface area contributed by atoms with Gasteiger partial charge in [0.05, 0.1) is 13.5 Å². The van der Waals surface area contributed by atoms with E-state index in [1.807, 2.05) is 0 Å². The van der Waals surface area contributed by atoms with Crippen LogP contribution >= 0.6 is 0 Å². The summed E-state index contributed by atoms with van der Waals surface area (Å²) >= 11 is 0. The number of carbonyl (C=O) groups is 2. The van der Waals surface area contributed by atoms with Crippen LogP contribution in [0.3, 0.4) is 0 Å². The number of amides is 1. The molecule has 4 nitrogen and oxygen atoms in total. The molecule has 0 aliphatic carbocycles. The van der Waals surface area contributed by atoms with Crippen molar-refractivity contribution in [3.05, 3.63) is 35.6 Å². The fourth-order valence-electron chi connectivity index (χ4n) is 2.55. The van der Waals surface area contributed by atoms with Crippen LogP contribution in [-0.2, 0) is 20.7 Å². The molecule has 1 aromatic carbocycles. The number of unbranched alkanes of at least 4 members (excludes halogenated alkanes) is 5. The lowest BCUT2D eigenvalue weighted by Gasteiger charge is -2.16. The largest absolute Gasteiger partial charge is 0.467 e. The maximum Gasteiger partial charge on any atom is 0.328 e. The van der Waals surface area contributed by atoms with Gasteiger partial charge in [-0.05, 0) is 24.1 Å². The third-order valence-electron chi connectivity index (χ3n) is 3.95. The maximum atomic E-state index is 12.9. The number of methoxy groups -OCH3 is 1. The molecule has 0 spiro atoms. The van der Waals surface area contributed by atoms with E-state index in [9.17, 15) is 14.0 Å².